The van der Waals surface area contributed by atoms with Gasteiger partial charge >= 0.3 is 5.97 Å². The zero-order chi connectivity index (χ0) is 18.7. The van der Waals surface area contributed by atoms with Crippen LogP contribution >= 0.6 is 0 Å². The molecular weight excluding hydrogens is 338 g/mol. The van der Waals surface area contributed by atoms with Crippen molar-refractivity contribution in [2.24, 2.45) is 0 Å². The second kappa shape index (κ2) is 6.93. The molecule has 1 aromatic carbocycles. The maximum atomic E-state index is 11.9. The monoisotopic (exact) mass is 353 g/mol. The standard InChI is InChI=1S/C17H15N5O4/c18-12-3-1-10(2-4-12)7-22-8-11(5-13(22)17(25)26)14(23)6-15(24)16-19-9-20-21-16/h1-6,8-9,23H,7,18H2,(H,25,26)(H,19,20,21). The summed E-state index contributed by atoms with van der Waals surface area (Å²) in [5, 5.41) is 25.5. The molecule has 9 heteroatoms. The molecule has 9 nitrogen and oxygen atoms in total. The Kier molecular flexibility index (Phi) is 4.52. The van der Waals surface area contributed by atoms with Crippen molar-refractivity contribution in [3.63, 3.8) is 0 Å². The number of aliphatic hydroxyl groups excluding tert-OH is 1. The molecule has 0 saturated heterocycles. The SMILES string of the molecule is Nc1ccc(Cn2cc(C(O)=CC(=O)c3ncn[nH]3)cc2C(=O)O)cc1. The molecule has 0 fully saturated rings. The number of rotatable bonds is 6. The number of nitrogens with two attached hydrogens (primary N) is 1. The van der Waals surface area contributed by atoms with Gasteiger partial charge in [0.2, 0.25) is 5.78 Å². The number of ketones is 1. The number of nitrogens with zero attached hydrogens (tertiary/aromatic N) is 3. The fourth-order valence-electron chi connectivity index (χ4n) is 2.38. The van der Waals surface area contributed by atoms with E-state index in [1.165, 1.54) is 23.2 Å². The van der Waals surface area contributed by atoms with E-state index in [-0.39, 0.29) is 29.4 Å². The molecule has 0 unspecified atom stereocenters. The Labute approximate surface area is 147 Å². The summed E-state index contributed by atoms with van der Waals surface area (Å²) in [5.41, 5.74) is 7.26. The minimum atomic E-state index is -1.15. The van der Waals surface area contributed by atoms with Crippen LogP contribution in [-0.2, 0) is 6.54 Å². The van der Waals surface area contributed by atoms with Gasteiger partial charge in [0, 0.05) is 30.1 Å². The van der Waals surface area contributed by atoms with Crippen LogP contribution in [0.2, 0.25) is 0 Å². The molecule has 0 bridgehead atoms. The third-order valence-electron chi connectivity index (χ3n) is 3.66. The normalized spacial score (nSPS) is 11.5. The van der Waals surface area contributed by atoms with Crippen LogP contribution in [0.5, 0.6) is 0 Å². The number of benzene rings is 1. The minimum absolute atomic E-state index is 0.0242. The number of carboxylic acids is 1. The van der Waals surface area contributed by atoms with Gasteiger partial charge in [-0.2, -0.15) is 5.10 Å². The van der Waals surface area contributed by atoms with E-state index >= 15 is 0 Å². The van der Waals surface area contributed by atoms with Crippen molar-refractivity contribution in [1.29, 1.82) is 0 Å². The Hall–Kier alpha value is -3.88. The summed E-state index contributed by atoms with van der Waals surface area (Å²) in [6, 6.07) is 8.29. The lowest BCUT2D eigenvalue weighted by molar-refractivity contribution is 0.0685. The Bertz CT molecular complexity index is 971. The topological polar surface area (TPSA) is 147 Å². The first-order chi connectivity index (χ1) is 12.4. The van der Waals surface area contributed by atoms with Crippen molar-refractivity contribution in [2.45, 2.75) is 6.54 Å². The lowest BCUT2D eigenvalue weighted by atomic mass is 10.2. The lowest BCUT2D eigenvalue weighted by Crippen LogP contribution is -2.08. The molecule has 5 N–H and O–H groups in total. The van der Waals surface area contributed by atoms with Crippen LogP contribution in [0.4, 0.5) is 5.69 Å². The van der Waals surface area contributed by atoms with Crippen molar-refractivity contribution in [1.82, 2.24) is 19.7 Å². The molecule has 3 rings (SSSR count). The average Bonchev–Trinajstić information content (AvgIpc) is 3.26. The lowest BCUT2D eigenvalue weighted by Gasteiger charge is -2.06. The van der Waals surface area contributed by atoms with Gasteiger partial charge in [0.25, 0.3) is 0 Å². The Morgan fingerprint density at radius 1 is 1.23 bits per heavy atom. The molecule has 3 aromatic rings. The van der Waals surface area contributed by atoms with E-state index in [0.717, 1.165) is 11.6 Å². The summed E-state index contributed by atoms with van der Waals surface area (Å²) in [4.78, 5) is 27.1. The number of aromatic amines is 1. The van der Waals surface area contributed by atoms with Gasteiger partial charge in [-0.1, -0.05) is 12.1 Å². The van der Waals surface area contributed by atoms with Crippen molar-refractivity contribution < 1.29 is 19.8 Å². The molecule has 0 aliphatic carbocycles. The molecule has 0 amide bonds. The number of aromatic nitrogens is 4. The zero-order valence-electron chi connectivity index (χ0n) is 13.5. The van der Waals surface area contributed by atoms with Crippen LogP contribution in [-0.4, -0.2) is 41.7 Å². The molecule has 0 radical (unpaired) electrons. The van der Waals surface area contributed by atoms with E-state index in [1.807, 2.05) is 0 Å². The highest BCUT2D eigenvalue weighted by atomic mass is 16.4. The van der Waals surface area contributed by atoms with Gasteiger partial charge in [0.15, 0.2) is 5.82 Å². The third kappa shape index (κ3) is 3.61. The van der Waals surface area contributed by atoms with Crippen LogP contribution < -0.4 is 5.73 Å². The average molecular weight is 353 g/mol. The molecule has 0 saturated carbocycles. The highest BCUT2D eigenvalue weighted by Crippen LogP contribution is 2.19. The van der Waals surface area contributed by atoms with Gasteiger partial charge in [-0.25, -0.2) is 9.78 Å². The van der Waals surface area contributed by atoms with Crippen molar-refractivity contribution in [3.05, 3.63) is 71.6 Å². The molecular formula is C17H15N5O4. The number of nitrogens with one attached hydrogen (secondary N) is 1. The predicted molar refractivity (Wildman–Crippen MR) is 92.7 cm³/mol. The Balaban J connectivity index is 1.90. The van der Waals surface area contributed by atoms with Gasteiger partial charge in [-0.15, -0.1) is 0 Å². The number of hydrogen-bond acceptors (Lipinski definition) is 6. The van der Waals surface area contributed by atoms with Gasteiger partial charge in [-0.05, 0) is 23.8 Å². The highest BCUT2D eigenvalue weighted by Gasteiger charge is 2.16. The molecule has 0 atom stereocenters. The fourth-order valence-corrected chi connectivity index (χ4v) is 2.38. The smallest absolute Gasteiger partial charge is 0.352 e. The quantitative estimate of drug-likeness (QED) is 0.228. The summed E-state index contributed by atoms with van der Waals surface area (Å²) in [6.07, 6.45) is 3.58. The van der Waals surface area contributed by atoms with Crippen LogP contribution in [0, 0.1) is 0 Å². The Morgan fingerprint density at radius 3 is 2.58 bits per heavy atom. The van der Waals surface area contributed by atoms with Crippen LogP contribution in [0.1, 0.15) is 32.2 Å². The van der Waals surface area contributed by atoms with E-state index in [4.69, 9.17) is 5.73 Å². The van der Waals surface area contributed by atoms with E-state index < -0.39 is 11.8 Å². The van der Waals surface area contributed by atoms with Crippen molar-refractivity contribution in [2.75, 3.05) is 5.73 Å². The number of carboxylic acid groups (broad SMARTS) is 1. The first kappa shape index (κ1) is 17.0. The number of allylic oxidation sites excluding steroid dienone is 1. The summed E-state index contributed by atoms with van der Waals surface area (Å²) < 4.78 is 1.46. The van der Waals surface area contributed by atoms with Crippen LogP contribution in [0.15, 0.2) is 48.9 Å². The maximum absolute atomic E-state index is 11.9. The highest BCUT2D eigenvalue weighted by molar-refractivity contribution is 6.05. The van der Waals surface area contributed by atoms with E-state index in [2.05, 4.69) is 15.2 Å². The van der Waals surface area contributed by atoms with Crippen LogP contribution in [0.3, 0.4) is 0 Å². The molecule has 132 valence electrons. The van der Waals surface area contributed by atoms with Gasteiger partial charge in [-0.3, -0.25) is 9.89 Å². The molecule has 0 spiro atoms. The molecule has 26 heavy (non-hydrogen) atoms. The molecule has 0 aliphatic rings. The number of aromatic carboxylic acids is 1. The van der Waals surface area contributed by atoms with Crippen molar-refractivity contribution in [3.8, 4) is 0 Å². The molecule has 2 heterocycles. The summed E-state index contributed by atoms with van der Waals surface area (Å²) in [7, 11) is 0. The van der Waals surface area contributed by atoms with Crippen LogP contribution in [0.25, 0.3) is 5.76 Å². The Morgan fingerprint density at radius 2 is 1.96 bits per heavy atom. The summed E-state index contributed by atoms with van der Waals surface area (Å²) in [6.45, 7) is 0.269. The number of anilines is 1. The van der Waals surface area contributed by atoms with E-state index in [0.29, 0.717) is 5.69 Å². The molecule has 2 aromatic heterocycles. The van der Waals surface area contributed by atoms with E-state index in [1.54, 1.807) is 24.3 Å². The summed E-state index contributed by atoms with van der Waals surface area (Å²) >= 11 is 0. The number of hydrogen-bond donors (Lipinski definition) is 4. The fraction of sp³-hybridized carbons (Fsp3) is 0.0588. The molecule has 0 aliphatic heterocycles. The number of carbonyl (C=O) groups is 2. The maximum Gasteiger partial charge on any atom is 0.352 e. The summed E-state index contributed by atoms with van der Waals surface area (Å²) in [5.74, 6) is -2.13. The number of H-pyrrole nitrogens is 1. The van der Waals surface area contributed by atoms with Gasteiger partial charge in [0.1, 0.15) is 17.8 Å². The van der Waals surface area contributed by atoms with E-state index in [9.17, 15) is 19.8 Å². The number of aliphatic hydroxyl groups is 1. The first-order valence-corrected chi connectivity index (χ1v) is 7.52. The minimum Gasteiger partial charge on any atom is -0.507 e. The second-order valence-corrected chi connectivity index (χ2v) is 5.52. The number of carbonyl (C=O) groups excluding carboxylic acids is 1. The van der Waals surface area contributed by atoms with Gasteiger partial charge in [0.05, 0.1) is 0 Å². The zero-order valence-corrected chi connectivity index (χ0v) is 13.5. The second-order valence-electron chi connectivity index (χ2n) is 5.52. The first-order valence-electron chi connectivity index (χ1n) is 7.52. The largest absolute Gasteiger partial charge is 0.507 e. The predicted octanol–water partition coefficient (Wildman–Crippen LogP) is 1.72. The van der Waals surface area contributed by atoms with Crippen molar-refractivity contribution >= 4 is 23.2 Å². The number of nitrogen functional groups attached to an aromatic ring is 1. The van der Waals surface area contributed by atoms with Gasteiger partial charge < -0.3 is 20.5 Å². The third-order valence-corrected chi connectivity index (χ3v) is 3.66.